The van der Waals surface area contributed by atoms with E-state index in [0.29, 0.717) is 0 Å². The van der Waals surface area contributed by atoms with E-state index in [4.69, 9.17) is 31.3 Å². The first-order chi connectivity index (χ1) is 24.7. The van der Waals surface area contributed by atoms with Crippen LogP contribution in [0.2, 0.25) is 0 Å². The quantitative estimate of drug-likeness (QED) is 0.0841. The van der Waals surface area contributed by atoms with Gasteiger partial charge in [0.2, 0.25) is 11.4 Å². The molecule has 0 aliphatic heterocycles. The number of aryl methyl sites for hydroxylation is 2. The molecular formula is C44H47ClN4O2+2. The van der Waals surface area contributed by atoms with Crippen LogP contribution in [0.3, 0.4) is 0 Å². The molecule has 51 heavy (non-hydrogen) atoms. The van der Waals surface area contributed by atoms with Crippen molar-refractivity contribution in [3.63, 3.8) is 0 Å². The number of allylic oxidation sites excluding steroid dienone is 6. The molecule has 0 amide bonds. The Hall–Kier alpha value is -5.33. The minimum atomic E-state index is 0.0909. The second-order valence-electron chi connectivity index (χ2n) is 12.6. The zero-order valence-electron chi connectivity index (χ0n) is 30.4. The summed E-state index contributed by atoms with van der Waals surface area (Å²) in [4.78, 5) is 0. The number of rotatable bonds is 12. The standard InChI is InChI=1S/C44H47ClN4O2/c1-32-10-18-36(19-11-32)42(48(3)46-30-34-14-24-40(50-5)25-15-34)28-22-38-8-7-9-39(44(38)45)23-29-43(37-20-12-33(2)13-21-37)49(4)47-31-35-16-26-41(51-6)27-17-35/h10-31,38H,7-9H2,1-6H3/q+2. The molecule has 7 heteroatoms. The van der Waals surface area contributed by atoms with Gasteiger partial charge in [0.1, 0.15) is 23.9 Å². The molecule has 4 aromatic rings. The molecule has 0 saturated heterocycles. The van der Waals surface area contributed by atoms with Crippen LogP contribution in [0.15, 0.2) is 142 Å². The Balaban J connectivity index is 1.44. The van der Waals surface area contributed by atoms with Gasteiger partial charge in [0, 0.05) is 34.2 Å². The highest BCUT2D eigenvalue weighted by Crippen LogP contribution is 2.34. The fourth-order valence-corrected chi connectivity index (χ4v) is 6.11. The number of hydrogen-bond donors (Lipinski definition) is 0. The highest BCUT2D eigenvalue weighted by Gasteiger charge is 2.21. The van der Waals surface area contributed by atoms with E-state index in [1.165, 1.54) is 11.1 Å². The van der Waals surface area contributed by atoms with Gasteiger partial charge in [-0.15, -0.1) is 0 Å². The van der Waals surface area contributed by atoms with Crippen molar-refractivity contribution < 1.29 is 18.8 Å². The zero-order chi connectivity index (χ0) is 36.2. The average molecular weight is 699 g/mol. The summed E-state index contributed by atoms with van der Waals surface area (Å²) >= 11 is 7.19. The molecule has 0 fully saturated rings. The molecule has 6 nitrogen and oxygen atoms in total. The third kappa shape index (κ3) is 10.3. The SMILES string of the molecule is COc1ccc(C=N[N+](C)=C(C=CC2=C(Cl)C(C=CC(c3ccc(C)cc3)=[N+](C)N=Cc3ccc(OC)cc3)CCC2)c2ccc(C)cc2)cc1. The summed E-state index contributed by atoms with van der Waals surface area (Å²) in [6.07, 6.45) is 15.3. The third-order valence-electron chi connectivity index (χ3n) is 8.91. The van der Waals surface area contributed by atoms with Crippen LogP contribution < -0.4 is 9.47 Å². The first-order valence-electron chi connectivity index (χ1n) is 17.2. The van der Waals surface area contributed by atoms with Crippen molar-refractivity contribution in [2.75, 3.05) is 28.3 Å². The first-order valence-corrected chi connectivity index (χ1v) is 17.6. The minimum Gasteiger partial charge on any atom is -0.497 e. The smallest absolute Gasteiger partial charge is 0.238 e. The van der Waals surface area contributed by atoms with Crippen LogP contribution in [0.25, 0.3) is 0 Å². The number of benzene rings is 4. The van der Waals surface area contributed by atoms with Gasteiger partial charge < -0.3 is 9.47 Å². The van der Waals surface area contributed by atoms with E-state index in [-0.39, 0.29) is 5.92 Å². The molecule has 1 aliphatic carbocycles. The molecule has 0 heterocycles. The summed E-state index contributed by atoms with van der Waals surface area (Å²) in [6.45, 7) is 4.19. The van der Waals surface area contributed by atoms with E-state index in [1.54, 1.807) is 14.2 Å². The molecule has 5 rings (SSSR count). The normalized spacial score (nSPS) is 16.3. The van der Waals surface area contributed by atoms with E-state index < -0.39 is 0 Å². The minimum absolute atomic E-state index is 0.0909. The average Bonchev–Trinajstić information content (AvgIpc) is 3.16. The highest BCUT2D eigenvalue weighted by atomic mass is 35.5. The van der Waals surface area contributed by atoms with E-state index >= 15 is 0 Å². The lowest BCUT2D eigenvalue weighted by Gasteiger charge is -2.21. The Labute approximate surface area is 307 Å². The summed E-state index contributed by atoms with van der Waals surface area (Å²) in [5, 5.41) is 10.4. The van der Waals surface area contributed by atoms with E-state index in [9.17, 15) is 0 Å². The molecule has 260 valence electrons. The molecule has 4 aromatic carbocycles. The Bertz CT molecular complexity index is 2000. The lowest BCUT2D eigenvalue weighted by atomic mass is 9.89. The van der Waals surface area contributed by atoms with Gasteiger partial charge in [-0.1, -0.05) is 68.5 Å². The number of methoxy groups -OCH3 is 2. The van der Waals surface area contributed by atoms with Crippen LogP contribution in [0.1, 0.15) is 52.6 Å². The Morgan fingerprint density at radius 2 is 1.12 bits per heavy atom. The molecular weight excluding hydrogens is 652 g/mol. The van der Waals surface area contributed by atoms with Crippen molar-refractivity contribution in [3.05, 3.63) is 165 Å². The fraction of sp³-hybridized carbons (Fsp3) is 0.227. The molecule has 0 N–H and O–H groups in total. The predicted octanol–water partition coefficient (Wildman–Crippen LogP) is 9.36. The van der Waals surface area contributed by atoms with Crippen LogP contribution in [0.5, 0.6) is 11.5 Å². The molecule has 0 bridgehead atoms. The van der Waals surface area contributed by atoms with Crippen LogP contribution in [0, 0.1) is 19.8 Å². The second kappa shape index (κ2) is 18.1. The van der Waals surface area contributed by atoms with Crippen molar-refractivity contribution >= 4 is 35.5 Å². The van der Waals surface area contributed by atoms with Gasteiger partial charge in [-0.05, 0) is 133 Å². The van der Waals surface area contributed by atoms with Gasteiger partial charge in [-0.3, -0.25) is 0 Å². The van der Waals surface area contributed by atoms with Crippen LogP contribution >= 0.6 is 11.6 Å². The van der Waals surface area contributed by atoms with Gasteiger partial charge >= 0.3 is 0 Å². The first kappa shape index (κ1) is 36.9. The van der Waals surface area contributed by atoms with Crippen LogP contribution in [-0.2, 0) is 0 Å². The van der Waals surface area contributed by atoms with Gasteiger partial charge in [0.25, 0.3) is 0 Å². The number of hydrazone groups is 2. The summed E-state index contributed by atoms with van der Waals surface area (Å²) in [7, 11) is 7.28. The molecule has 0 aromatic heterocycles. The van der Waals surface area contributed by atoms with Crippen LogP contribution in [0.4, 0.5) is 0 Å². The van der Waals surface area contributed by atoms with Crippen molar-refractivity contribution in [1.82, 2.24) is 0 Å². The van der Waals surface area contributed by atoms with Gasteiger partial charge in [0.15, 0.2) is 14.1 Å². The zero-order valence-corrected chi connectivity index (χ0v) is 31.1. The van der Waals surface area contributed by atoms with Crippen molar-refractivity contribution in [2.45, 2.75) is 33.1 Å². The predicted molar refractivity (Wildman–Crippen MR) is 213 cm³/mol. The van der Waals surface area contributed by atoms with E-state index in [2.05, 4.69) is 86.7 Å². The maximum Gasteiger partial charge on any atom is 0.238 e. The Kier molecular flexibility index (Phi) is 13.1. The maximum atomic E-state index is 7.19. The van der Waals surface area contributed by atoms with Gasteiger partial charge in [-0.2, -0.15) is 0 Å². The highest BCUT2D eigenvalue weighted by molar-refractivity contribution is 6.30. The summed E-state index contributed by atoms with van der Waals surface area (Å²) in [5.74, 6) is 1.72. The molecule has 1 atom stereocenters. The second-order valence-corrected chi connectivity index (χ2v) is 13.1. The third-order valence-corrected chi connectivity index (χ3v) is 9.43. The van der Waals surface area contributed by atoms with E-state index in [0.717, 1.165) is 75.0 Å². The van der Waals surface area contributed by atoms with Crippen molar-refractivity contribution in [2.24, 2.45) is 16.1 Å². The van der Waals surface area contributed by atoms with Crippen molar-refractivity contribution in [3.8, 4) is 11.5 Å². The Morgan fingerprint density at radius 3 is 1.57 bits per heavy atom. The lowest BCUT2D eigenvalue weighted by Crippen LogP contribution is -2.14. The molecule has 1 aliphatic rings. The molecule has 0 saturated carbocycles. The maximum absolute atomic E-state index is 7.19. The van der Waals surface area contributed by atoms with E-state index in [1.807, 2.05) is 84.4 Å². The van der Waals surface area contributed by atoms with Gasteiger partial charge in [-0.25, -0.2) is 0 Å². The largest absolute Gasteiger partial charge is 0.497 e. The molecule has 0 radical (unpaired) electrons. The topological polar surface area (TPSA) is 49.2 Å². The summed E-state index contributed by atoms with van der Waals surface area (Å²) in [5.41, 5.74) is 9.64. The van der Waals surface area contributed by atoms with Gasteiger partial charge in [0.05, 0.1) is 14.2 Å². The molecule has 1 unspecified atom stereocenters. The lowest BCUT2D eigenvalue weighted by molar-refractivity contribution is -0.500. The van der Waals surface area contributed by atoms with Crippen molar-refractivity contribution in [1.29, 1.82) is 0 Å². The molecule has 0 spiro atoms. The number of nitrogens with zero attached hydrogens (tertiary/aromatic N) is 4. The number of ether oxygens (including phenoxy) is 2. The Morgan fingerprint density at radius 1 is 0.667 bits per heavy atom. The summed E-state index contributed by atoms with van der Waals surface area (Å²) in [6, 6.07) is 32.7. The summed E-state index contributed by atoms with van der Waals surface area (Å²) < 4.78 is 14.4. The monoisotopic (exact) mass is 698 g/mol. The van der Waals surface area contributed by atoms with Crippen LogP contribution in [-0.4, -0.2) is 61.5 Å². The fourth-order valence-electron chi connectivity index (χ4n) is 5.77. The number of halogens is 1. The number of hydrogen-bond acceptors (Lipinski definition) is 4.